The van der Waals surface area contributed by atoms with Crippen molar-refractivity contribution in [2.45, 2.75) is 18.9 Å². The van der Waals surface area contributed by atoms with Gasteiger partial charge in [0.2, 0.25) is 0 Å². The van der Waals surface area contributed by atoms with Crippen LogP contribution < -0.4 is 10.1 Å². The van der Waals surface area contributed by atoms with Crippen molar-refractivity contribution in [1.29, 1.82) is 0 Å². The topological polar surface area (TPSA) is 67.6 Å². The van der Waals surface area contributed by atoms with Gasteiger partial charge in [0.15, 0.2) is 0 Å². The Morgan fingerprint density at radius 3 is 2.70 bits per heavy atom. The Morgan fingerprint density at radius 1 is 1.40 bits per heavy atom. The highest BCUT2D eigenvalue weighted by atomic mass is 16.6. The van der Waals surface area contributed by atoms with Gasteiger partial charge in [0, 0.05) is 24.7 Å². The number of benzene rings is 1. The van der Waals surface area contributed by atoms with Crippen molar-refractivity contribution in [2.24, 2.45) is 5.92 Å². The fourth-order valence-electron chi connectivity index (χ4n) is 3.25. The Bertz CT molecular complexity index is 512. The van der Waals surface area contributed by atoms with Gasteiger partial charge in [0.1, 0.15) is 11.4 Å². The summed E-state index contributed by atoms with van der Waals surface area (Å²) in [7, 11) is 1.57. The highest BCUT2D eigenvalue weighted by molar-refractivity contribution is 5.64. The first-order valence-corrected chi connectivity index (χ1v) is 6.98. The molecule has 0 amide bonds. The molecule has 1 aromatic rings. The second kappa shape index (κ2) is 5.28. The zero-order valence-electron chi connectivity index (χ0n) is 11.5. The van der Waals surface area contributed by atoms with Crippen LogP contribution in [0.25, 0.3) is 0 Å². The Balaban J connectivity index is 1.83. The zero-order chi connectivity index (χ0) is 14.1. The number of hydrogen-bond donors (Lipinski definition) is 1. The Kier molecular flexibility index (Phi) is 3.48. The molecular formula is C14H19N3O3. The third-order valence-corrected chi connectivity index (χ3v) is 4.40. The number of hydrogen-bond acceptors (Lipinski definition) is 5. The van der Waals surface area contributed by atoms with E-state index in [0.717, 1.165) is 19.6 Å². The lowest BCUT2D eigenvalue weighted by Gasteiger charge is -2.45. The molecule has 4 rings (SSSR count). The van der Waals surface area contributed by atoms with Crippen LogP contribution >= 0.6 is 0 Å². The molecule has 1 unspecified atom stereocenters. The van der Waals surface area contributed by atoms with E-state index in [9.17, 15) is 10.1 Å². The SMILES string of the molecule is COc1ccc([N+](=O)[O-])c(NC2CN3CCC2CC3)c1. The third kappa shape index (κ3) is 2.43. The number of methoxy groups -OCH3 is 1. The smallest absolute Gasteiger partial charge is 0.292 e. The lowest BCUT2D eigenvalue weighted by atomic mass is 9.84. The van der Waals surface area contributed by atoms with Crippen LogP contribution in [0.3, 0.4) is 0 Å². The van der Waals surface area contributed by atoms with E-state index < -0.39 is 0 Å². The molecule has 0 radical (unpaired) electrons. The summed E-state index contributed by atoms with van der Waals surface area (Å²) < 4.78 is 5.17. The molecule has 2 bridgehead atoms. The molecule has 1 N–H and O–H groups in total. The number of nitro benzene ring substituents is 1. The highest BCUT2D eigenvalue weighted by Gasteiger charge is 2.34. The van der Waals surface area contributed by atoms with Crippen molar-refractivity contribution in [2.75, 3.05) is 32.1 Å². The molecule has 108 valence electrons. The summed E-state index contributed by atoms with van der Waals surface area (Å²) in [6, 6.07) is 5.14. The van der Waals surface area contributed by atoms with Crippen molar-refractivity contribution >= 4 is 11.4 Å². The maximum atomic E-state index is 11.1. The summed E-state index contributed by atoms with van der Waals surface area (Å²) >= 11 is 0. The van der Waals surface area contributed by atoms with E-state index in [1.165, 1.54) is 18.9 Å². The maximum Gasteiger partial charge on any atom is 0.292 e. The molecule has 0 aliphatic carbocycles. The van der Waals surface area contributed by atoms with Crippen molar-refractivity contribution in [3.8, 4) is 5.75 Å². The van der Waals surface area contributed by atoms with E-state index in [2.05, 4.69) is 10.2 Å². The van der Waals surface area contributed by atoms with Crippen molar-refractivity contribution in [3.05, 3.63) is 28.3 Å². The summed E-state index contributed by atoms with van der Waals surface area (Å²) in [5.74, 6) is 1.25. The number of anilines is 1. The second-order valence-corrected chi connectivity index (χ2v) is 5.53. The van der Waals surface area contributed by atoms with Gasteiger partial charge in [0.05, 0.1) is 12.0 Å². The fraction of sp³-hybridized carbons (Fsp3) is 0.571. The second-order valence-electron chi connectivity index (χ2n) is 5.53. The molecule has 1 aromatic carbocycles. The van der Waals surface area contributed by atoms with Gasteiger partial charge in [-0.3, -0.25) is 10.1 Å². The normalized spacial score (nSPS) is 28.1. The zero-order valence-corrected chi connectivity index (χ0v) is 11.5. The number of rotatable bonds is 4. The maximum absolute atomic E-state index is 11.1. The Hall–Kier alpha value is -1.82. The van der Waals surface area contributed by atoms with E-state index in [1.807, 2.05) is 0 Å². The average Bonchev–Trinajstić information content (AvgIpc) is 2.48. The first-order valence-electron chi connectivity index (χ1n) is 6.98. The van der Waals surface area contributed by atoms with Crippen molar-refractivity contribution in [3.63, 3.8) is 0 Å². The molecule has 3 saturated heterocycles. The van der Waals surface area contributed by atoms with E-state index in [4.69, 9.17) is 4.74 Å². The summed E-state index contributed by atoms with van der Waals surface area (Å²) in [5.41, 5.74) is 0.676. The van der Waals surface area contributed by atoms with Crippen LogP contribution in [0.4, 0.5) is 11.4 Å². The molecule has 0 aromatic heterocycles. The van der Waals surface area contributed by atoms with Crippen LogP contribution in [0, 0.1) is 16.0 Å². The summed E-state index contributed by atoms with van der Waals surface area (Å²) in [6.45, 7) is 3.28. The third-order valence-electron chi connectivity index (χ3n) is 4.40. The van der Waals surface area contributed by atoms with Gasteiger partial charge in [-0.25, -0.2) is 0 Å². The fourth-order valence-corrected chi connectivity index (χ4v) is 3.25. The molecule has 6 nitrogen and oxygen atoms in total. The Labute approximate surface area is 117 Å². The summed E-state index contributed by atoms with van der Waals surface area (Å²) in [4.78, 5) is 13.2. The molecule has 3 aliphatic heterocycles. The van der Waals surface area contributed by atoms with Crippen LogP contribution in [-0.2, 0) is 0 Å². The van der Waals surface area contributed by atoms with Crippen LogP contribution in [-0.4, -0.2) is 42.6 Å². The van der Waals surface area contributed by atoms with E-state index in [0.29, 0.717) is 23.4 Å². The van der Waals surface area contributed by atoms with Crippen LogP contribution in [0.1, 0.15) is 12.8 Å². The molecule has 1 atom stereocenters. The molecule has 6 heteroatoms. The summed E-state index contributed by atoms with van der Waals surface area (Å²) in [5, 5.41) is 14.5. The number of piperidine rings is 3. The lowest BCUT2D eigenvalue weighted by molar-refractivity contribution is -0.384. The number of fused-ring (bicyclic) bond motifs is 3. The van der Waals surface area contributed by atoms with Gasteiger partial charge in [-0.05, 0) is 37.9 Å². The van der Waals surface area contributed by atoms with Crippen molar-refractivity contribution in [1.82, 2.24) is 4.90 Å². The number of nitrogens with one attached hydrogen (secondary N) is 1. The van der Waals surface area contributed by atoms with Crippen LogP contribution in [0.2, 0.25) is 0 Å². The Morgan fingerprint density at radius 2 is 2.15 bits per heavy atom. The van der Waals surface area contributed by atoms with Crippen molar-refractivity contribution < 1.29 is 9.66 Å². The largest absolute Gasteiger partial charge is 0.497 e. The van der Waals surface area contributed by atoms with E-state index in [-0.39, 0.29) is 10.6 Å². The minimum absolute atomic E-state index is 0.113. The quantitative estimate of drug-likeness (QED) is 0.674. The predicted molar refractivity (Wildman–Crippen MR) is 76.2 cm³/mol. The monoisotopic (exact) mass is 277 g/mol. The summed E-state index contributed by atoms with van der Waals surface area (Å²) in [6.07, 6.45) is 2.35. The first-order chi connectivity index (χ1) is 9.67. The minimum Gasteiger partial charge on any atom is -0.497 e. The van der Waals surface area contributed by atoms with Gasteiger partial charge < -0.3 is 15.0 Å². The van der Waals surface area contributed by atoms with E-state index in [1.54, 1.807) is 19.2 Å². The van der Waals surface area contributed by atoms with Crippen LogP contribution in [0.15, 0.2) is 18.2 Å². The molecule has 20 heavy (non-hydrogen) atoms. The molecule has 3 fully saturated rings. The van der Waals surface area contributed by atoms with Gasteiger partial charge in [-0.1, -0.05) is 0 Å². The molecule has 0 spiro atoms. The predicted octanol–water partition coefficient (Wildman–Crippen LogP) is 2.11. The lowest BCUT2D eigenvalue weighted by Crippen LogP contribution is -2.53. The minimum atomic E-state index is -0.344. The van der Waals surface area contributed by atoms with Gasteiger partial charge in [0.25, 0.3) is 5.69 Å². The number of nitrogens with zero attached hydrogens (tertiary/aromatic N) is 2. The molecular weight excluding hydrogens is 258 g/mol. The first kappa shape index (κ1) is 13.2. The standard InChI is InChI=1S/C14H19N3O3/c1-20-11-2-3-14(17(18)19)12(8-11)15-13-9-16-6-4-10(13)5-7-16/h2-3,8,10,13,15H,4-7,9H2,1H3. The number of nitro groups is 1. The van der Waals surface area contributed by atoms with Gasteiger partial charge >= 0.3 is 0 Å². The average molecular weight is 277 g/mol. The van der Waals surface area contributed by atoms with E-state index >= 15 is 0 Å². The molecule has 0 saturated carbocycles. The van der Waals surface area contributed by atoms with Crippen LogP contribution in [0.5, 0.6) is 5.75 Å². The molecule has 3 aliphatic rings. The highest BCUT2D eigenvalue weighted by Crippen LogP contribution is 2.34. The van der Waals surface area contributed by atoms with Gasteiger partial charge in [-0.2, -0.15) is 0 Å². The molecule has 3 heterocycles. The van der Waals surface area contributed by atoms with Gasteiger partial charge in [-0.15, -0.1) is 0 Å². The number of ether oxygens (including phenoxy) is 1.